The minimum absolute atomic E-state index is 0.0312. The molecule has 5 aliphatic rings. The van der Waals surface area contributed by atoms with Crippen molar-refractivity contribution >= 4 is 63.6 Å². The Hall–Kier alpha value is -5.85. The third kappa shape index (κ3) is 8.89. The maximum absolute atomic E-state index is 16.3. The molecule has 4 fully saturated rings. The number of fused-ring (bicyclic) bond motifs is 2. The van der Waals surface area contributed by atoms with Gasteiger partial charge < -0.3 is 44.1 Å². The van der Waals surface area contributed by atoms with E-state index in [9.17, 15) is 24.0 Å². The van der Waals surface area contributed by atoms with Crippen LogP contribution in [0, 0.1) is 5.82 Å². The molecule has 2 aromatic heterocycles. The molecule has 3 saturated heterocycles. The number of piperidine rings is 3. The summed E-state index contributed by atoms with van der Waals surface area (Å²) in [6.07, 6.45) is 7.36. The number of aromatic nitrogens is 3. The number of imide groups is 1. The van der Waals surface area contributed by atoms with Gasteiger partial charge in [0.25, 0.3) is 17.4 Å². The van der Waals surface area contributed by atoms with Crippen molar-refractivity contribution < 1.29 is 37.8 Å². The van der Waals surface area contributed by atoms with Gasteiger partial charge in [0.05, 0.1) is 43.1 Å². The van der Waals surface area contributed by atoms with Crippen molar-refractivity contribution in [3.05, 3.63) is 74.4 Å². The highest BCUT2D eigenvalue weighted by molar-refractivity contribution is 6.33. The number of carbonyl (C=O) groups is 4. The third-order valence-corrected chi connectivity index (χ3v) is 14.1. The number of anilines is 3. The van der Waals surface area contributed by atoms with Gasteiger partial charge in [-0.2, -0.15) is 4.98 Å². The van der Waals surface area contributed by atoms with Gasteiger partial charge in [0, 0.05) is 55.3 Å². The third-order valence-electron chi connectivity index (χ3n) is 13.8. The lowest BCUT2D eigenvalue weighted by molar-refractivity contribution is -0.137. The molecular weight excluding hydrogens is 873 g/mol. The second-order valence-electron chi connectivity index (χ2n) is 18.1. The molecule has 0 spiro atoms. The van der Waals surface area contributed by atoms with Gasteiger partial charge in [0.1, 0.15) is 22.6 Å². The number of rotatable bonds is 13. The van der Waals surface area contributed by atoms with E-state index in [4.69, 9.17) is 30.8 Å². The predicted octanol–water partition coefficient (Wildman–Crippen LogP) is 5.20. The number of amides is 4. The summed E-state index contributed by atoms with van der Waals surface area (Å²) in [5.74, 6) is -0.721. The molecule has 0 unspecified atom stereocenters. The van der Waals surface area contributed by atoms with Crippen LogP contribution in [0.2, 0.25) is 5.02 Å². The fraction of sp³-hybridized carbons (Fsp3) is 0.511. The van der Waals surface area contributed by atoms with Crippen molar-refractivity contribution in [1.29, 1.82) is 0 Å². The van der Waals surface area contributed by atoms with E-state index < -0.39 is 23.7 Å². The SMILES string of the molecule is CNC(=O)COc1cc2cc(Nc3nc(N4CCC(OC5CC(N6CCC(c7cc(OC)c8c(c7F)CN([C@H]7CCC(=O)NC7=O)C8=O)CC6)C5)CC4)ncc3Cl)ccc2n(C(C)C)c1=O. The van der Waals surface area contributed by atoms with Crippen LogP contribution in [0.4, 0.5) is 21.8 Å². The summed E-state index contributed by atoms with van der Waals surface area (Å²) in [5, 5.41) is 9.22. The monoisotopic (exact) mass is 927 g/mol. The van der Waals surface area contributed by atoms with Gasteiger partial charge in [-0.3, -0.25) is 29.3 Å². The Labute approximate surface area is 386 Å². The molecule has 17 nitrogen and oxygen atoms in total. The normalized spacial score (nSPS) is 21.8. The molecular formula is C47H55ClFN9O8. The Kier molecular flexibility index (Phi) is 12.9. The Balaban J connectivity index is 0.758. The standard InChI is InChI=1S/C47H55ClFN9O8/c1-25(2)58-35-6-5-28(17-27(35)18-38(45(58)62)65-24-40(60)50-3)52-43-34(48)22-51-47(54-43)56-15-11-30(12-16-56)66-31-19-29(20-31)55-13-9-26(10-14-55)32-21-37(64-4)41-33(42(32)49)23-57(46(41)63)36-7-8-39(59)53-44(36)61/h5-6,17-18,21-22,25-26,29-31,36H,7-16,19-20,23-24H2,1-4H3,(H,50,60)(H,51,52,54)(H,53,59,61)/t29?,31?,36-/m0/s1. The van der Waals surface area contributed by atoms with Gasteiger partial charge in [-0.25, -0.2) is 9.37 Å². The van der Waals surface area contributed by atoms with Crippen LogP contribution < -0.4 is 35.9 Å². The quantitative estimate of drug-likeness (QED) is 0.149. The Bertz CT molecular complexity index is 2620. The molecule has 4 amide bonds. The van der Waals surface area contributed by atoms with E-state index in [0.29, 0.717) is 39.8 Å². The van der Waals surface area contributed by atoms with Crippen LogP contribution in [0.1, 0.15) is 98.7 Å². The van der Waals surface area contributed by atoms with Crippen LogP contribution in [0.5, 0.6) is 11.5 Å². The molecule has 2 aromatic carbocycles. The van der Waals surface area contributed by atoms with Crippen LogP contribution in [-0.4, -0.2) is 119 Å². The first kappa shape index (κ1) is 45.3. The lowest BCUT2D eigenvalue weighted by atomic mass is 9.82. The van der Waals surface area contributed by atoms with Crippen molar-refractivity contribution in [2.45, 2.75) is 108 Å². The molecule has 6 heterocycles. The first-order chi connectivity index (χ1) is 31.8. The zero-order chi connectivity index (χ0) is 46.4. The fourth-order valence-corrected chi connectivity index (χ4v) is 10.3. The van der Waals surface area contributed by atoms with Crippen LogP contribution in [0.15, 0.2) is 41.3 Å². The summed E-state index contributed by atoms with van der Waals surface area (Å²) in [4.78, 5) is 78.2. The molecule has 0 radical (unpaired) electrons. The van der Waals surface area contributed by atoms with Gasteiger partial charge in [-0.1, -0.05) is 11.6 Å². The highest BCUT2D eigenvalue weighted by Gasteiger charge is 2.44. The highest BCUT2D eigenvalue weighted by Crippen LogP contribution is 2.43. The fourth-order valence-electron chi connectivity index (χ4n) is 10.1. The van der Waals surface area contributed by atoms with E-state index in [0.717, 1.165) is 75.6 Å². The average Bonchev–Trinajstić information content (AvgIpc) is 3.64. The first-order valence-corrected chi connectivity index (χ1v) is 23.2. The number of likely N-dealkylation sites (N-methyl/N-ethyl adjacent to an activating group) is 1. The highest BCUT2D eigenvalue weighted by atomic mass is 35.5. The number of carbonyl (C=O) groups excluding carboxylic acids is 4. The molecule has 3 N–H and O–H groups in total. The lowest BCUT2D eigenvalue weighted by Crippen LogP contribution is -2.52. The molecule has 1 atom stereocenters. The Morgan fingerprint density at radius 1 is 0.985 bits per heavy atom. The van der Waals surface area contributed by atoms with Crippen LogP contribution in [0.3, 0.4) is 0 Å². The van der Waals surface area contributed by atoms with Crippen LogP contribution in [-0.2, 0) is 25.7 Å². The van der Waals surface area contributed by atoms with E-state index in [1.165, 1.54) is 19.1 Å². The van der Waals surface area contributed by atoms with E-state index in [1.54, 1.807) is 22.9 Å². The smallest absolute Gasteiger partial charge is 0.293 e. The summed E-state index contributed by atoms with van der Waals surface area (Å²) < 4.78 is 35.7. The van der Waals surface area contributed by atoms with Gasteiger partial charge in [-0.15, -0.1) is 0 Å². The average molecular weight is 928 g/mol. The van der Waals surface area contributed by atoms with Gasteiger partial charge in [0.15, 0.2) is 18.2 Å². The summed E-state index contributed by atoms with van der Waals surface area (Å²) in [6, 6.07) is 8.35. The second-order valence-corrected chi connectivity index (χ2v) is 18.5. The van der Waals surface area contributed by atoms with Crippen molar-refractivity contribution in [1.82, 2.24) is 35.0 Å². The number of nitrogens with one attached hydrogen (secondary N) is 3. The van der Waals surface area contributed by atoms with Crippen molar-refractivity contribution in [2.24, 2.45) is 0 Å². The zero-order valence-electron chi connectivity index (χ0n) is 37.5. The number of benzene rings is 2. The number of likely N-dealkylation sites (tertiary alicyclic amines) is 1. The minimum Gasteiger partial charge on any atom is -0.496 e. The molecule has 4 aliphatic heterocycles. The second kappa shape index (κ2) is 18.8. The Morgan fingerprint density at radius 3 is 2.44 bits per heavy atom. The van der Waals surface area contributed by atoms with Crippen molar-refractivity contribution in [2.75, 3.05) is 57.2 Å². The largest absolute Gasteiger partial charge is 0.496 e. The van der Waals surface area contributed by atoms with Gasteiger partial charge in [-0.05, 0) is 114 Å². The maximum atomic E-state index is 16.3. The summed E-state index contributed by atoms with van der Waals surface area (Å²) in [7, 11) is 2.98. The summed E-state index contributed by atoms with van der Waals surface area (Å²) >= 11 is 6.60. The molecule has 66 heavy (non-hydrogen) atoms. The summed E-state index contributed by atoms with van der Waals surface area (Å²) in [6.45, 7) is 6.63. The van der Waals surface area contributed by atoms with Crippen LogP contribution >= 0.6 is 11.6 Å². The van der Waals surface area contributed by atoms with Gasteiger partial charge in [0.2, 0.25) is 17.8 Å². The number of hydrogen-bond acceptors (Lipinski definition) is 13. The number of hydrogen-bond donors (Lipinski definition) is 3. The molecule has 9 rings (SSSR count). The molecule has 0 bridgehead atoms. The predicted molar refractivity (Wildman–Crippen MR) is 244 cm³/mol. The maximum Gasteiger partial charge on any atom is 0.293 e. The number of ether oxygens (including phenoxy) is 3. The van der Waals surface area contributed by atoms with Crippen LogP contribution in [0.25, 0.3) is 10.9 Å². The van der Waals surface area contributed by atoms with Crippen molar-refractivity contribution in [3.8, 4) is 11.5 Å². The summed E-state index contributed by atoms with van der Waals surface area (Å²) in [5.41, 5.74) is 2.08. The topological polar surface area (TPSA) is 190 Å². The molecule has 350 valence electrons. The van der Waals surface area contributed by atoms with E-state index >= 15 is 4.39 Å². The number of pyridine rings is 1. The van der Waals surface area contributed by atoms with Crippen molar-refractivity contribution in [3.63, 3.8) is 0 Å². The Morgan fingerprint density at radius 2 is 1.74 bits per heavy atom. The molecule has 4 aromatic rings. The lowest BCUT2D eigenvalue weighted by Gasteiger charge is -2.47. The zero-order valence-corrected chi connectivity index (χ0v) is 38.3. The molecule has 19 heteroatoms. The molecule has 1 saturated carbocycles. The first-order valence-electron chi connectivity index (χ1n) is 22.8. The van der Waals surface area contributed by atoms with E-state index in [1.807, 2.05) is 32.0 Å². The van der Waals surface area contributed by atoms with E-state index in [-0.39, 0.29) is 84.4 Å². The number of nitrogens with zero attached hydrogens (tertiary/aromatic N) is 6. The number of halogens is 2. The molecule has 1 aliphatic carbocycles. The van der Waals surface area contributed by atoms with Gasteiger partial charge >= 0.3 is 0 Å². The van der Waals surface area contributed by atoms with E-state index in [2.05, 4.69) is 30.7 Å². The number of methoxy groups -OCH3 is 1. The minimum atomic E-state index is -0.829.